The summed E-state index contributed by atoms with van der Waals surface area (Å²) >= 11 is 0. The Labute approximate surface area is 165 Å². The Balaban J connectivity index is 1.38. The van der Waals surface area contributed by atoms with Gasteiger partial charge in [-0.2, -0.15) is 0 Å². The van der Waals surface area contributed by atoms with Gasteiger partial charge in [0.15, 0.2) is 5.96 Å². The first-order chi connectivity index (χ1) is 13.6. The van der Waals surface area contributed by atoms with Gasteiger partial charge in [0.05, 0.1) is 0 Å². The first-order valence-corrected chi connectivity index (χ1v) is 9.74. The molecule has 0 radical (unpaired) electrons. The van der Waals surface area contributed by atoms with Crippen molar-refractivity contribution in [2.24, 2.45) is 4.99 Å². The fourth-order valence-corrected chi connectivity index (χ4v) is 3.51. The second kappa shape index (κ2) is 9.54. The Morgan fingerprint density at radius 3 is 2.68 bits per heavy atom. The molecule has 152 valence electrons. The lowest BCUT2D eigenvalue weighted by atomic mass is 10.1. The number of rotatable bonds is 6. The molecule has 0 spiro atoms. The van der Waals surface area contributed by atoms with Crippen LogP contribution in [0.25, 0.3) is 10.9 Å². The second-order valence-electron chi connectivity index (χ2n) is 7.03. The Bertz CT molecular complexity index is 825. The Morgan fingerprint density at radius 1 is 1.21 bits per heavy atom. The number of halogens is 1. The van der Waals surface area contributed by atoms with Gasteiger partial charge in [-0.25, -0.2) is 4.39 Å². The maximum Gasteiger partial charge on any atom is 0.219 e. The number of nitrogens with one attached hydrogen (secondary N) is 3. The summed E-state index contributed by atoms with van der Waals surface area (Å²) in [6.07, 6.45) is 2.71. The summed E-state index contributed by atoms with van der Waals surface area (Å²) in [7, 11) is 1.75. The standard InChI is InChI=1S/C20H29FN6O/c1-15(28)27-11-9-26(10-12-27)8-7-24-20(22-2)23-6-5-16-14-25-19-4-3-17(21)13-18(16)19/h3-4,13-14,25H,5-12H2,1-2H3,(H2,22,23,24). The molecule has 7 nitrogen and oxygen atoms in total. The molecule has 1 saturated heterocycles. The second-order valence-corrected chi connectivity index (χ2v) is 7.03. The zero-order chi connectivity index (χ0) is 19.9. The summed E-state index contributed by atoms with van der Waals surface area (Å²) in [5.74, 6) is 0.691. The lowest BCUT2D eigenvalue weighted by Gasteiger charge is -2.34. The lowest BCUT2D eigenvalue weighted by molar-refractivity contribution is -0.130. The maximum atomic E-state index is 13.5. The van der Waals surface area contributed by atoms with E-state index in [4.69, 9.17) is 0 Å². The summed E-state index contributed by atoms with van der Waals surface area (Å²) < 4.78 is 13.5. The maximum absolute atomic E-state index is 13.5. The normalized spacial score (nSPS) is 15.8. The number of amides is 1. The number of aliphatic imine (C=N–C) groups is 1. The highest BCUT2D eigenvalue weighted by Crippen LogP contribution is 2.19. The number of guanidine groups is 1. The molecule has 0 aliphatic carbocycles. The third kappa shape index (κ3) is 5.22. The first-order valence-electron chi connectivity index (χ1n) is 9.74. The molecule has 0 bridgehead atoms. The van der Waals surface area contributed by atoms with E-state index in [1.165, 1.54) is 6.07 Å². The van der Waals surface area contributed by atoms with Gasteiger partial charge in [-0.3, -0.25) is 14.7 Å². The number of aromatic nitrogens is 1. The molecule has 3 rings (SSSR count). The fraction of sp³-hybridized carbons (Fsp3) is 0.500. The van der Waals surface area contributed by atoms with E-state index in [9.17, 15) is 9.18 Å². The van der Waals surface area contributed by atoms with Crippen LogP contribution in [0, 0.1) is 5.82 Å². The predicted molar refractivity (Wildman–Crippen MR) is 110 cm³/mol. The minimum atomic E-state index is -0.220. The average molecular weight is 388 g/mol. The number of hydrogen-bond acceptors (Lipinski definition) is 3. The van der Waals surface area contributed by atoms with Gasteiger partial charge < -0.3 is 20.5 Å². The van der Waals surface area contributed by atoms with Gasteiger partial charge in [-0.05, 0) is 30.2 Å². The summed E-state index contributed by atoms with van der Waals surface area (Å²) in [5, 5.41) is 7.56. The molecule has 2 aromatic rings. The molecule has 1 aliphatic heterocycles. The van der Waals surface area contributed by atoms with E-state index in [1.807, 2.05) is 11.1 Å². The average Bonchev–Trinajstić information content (AvgIpc) is 3.09. The van der Waals surface area contributed by atoms with E-state index >= 15 is 0 Å². The molecule has 3 N–H and O–H groups in total. The molecule has 0 unspecified atom stereocenters. The molecular weight excluding hydrogens is 359 g/mol. The molecule has 1 amide bonds. The highest BCUT2D eigenvalue weighted by molar-refractivity contribution is 5.83. The van der Waals surface area contributed by atoms with Crippen LogP contribution in [-0.4, -0.2) is 79.5 Å². The molecule has 0 atom stereocenters. The van der Waals surface area contributed by atoms with Crippen molar-refractivity contribution in [1.29, 1.82) is 0 Å². The van der Waals surface area contributed by atoms with Crippen LogP contribution >= 0.6 is 0 Å². The van der Waals surface area contributed by atoms with Crippen molar-refractivity contribution in [3.8, 4) is 0 Å². The van der Waals surface area contributed by atoms with E-state index in [0.29, 0.717) is 6.54 Å². The van der Waals surface area contributed by atoms with Gasteiger partial charge in [0.2, 0.25) is 5.91 Å². The molecule has 1 aliphatic rings. The van der Waals surface area contributed by atoms with Crippen molar-refractivity contribution in [3.63, 3.8) is 0 Å². The van der Waals surface area contributed by atoms with Crippen LogP contribution in [-0.2, 0) is 11.2 Å². The molecule has 28 heavy (non-hydrogen) atoms. The first kappa shape index (κ1) is 20.1. The van der Waals surface area contributed by atoms with Crippen LogP contribution in [0.1, 0.15) is 12.5 Å². The monoisotopic (exact) mass is 388 g/mol. The number of piperazine rings is 1. The van der Waals surface area contributed by atoms with E-state index in [0.717, 1.165) is 68.1 Å². The van der Waals surface area contributed by atoms with Crippen LogP contribution in [0.4, 0.5) is 4.39 Å². The third-order valence-corrected chi connectivity index (χ3v) is 5.18. The van der Waals surface area contributed by atoms with Crippen LogP contribution in [0.15, 0.2) is 29.4 Å². The number of carbonyl (C=O) groups excluding carboxylic acids is 1. The fourth-order valence-electron chi connectivity index (χ4n) is 3.51. The van der Waals surface area contributed by atoms with Gasteiger partial charge in [0, 0.05) is 76.9 Å². The van der Waals surface area contributed by atoms with Crippen LogP contribution in [0.3, 0.4) is 0 Å². The van der Waals surface area contributed by atoms with E-state index in [-0.39, 0.29) is 11.7 Å². The van der Waals surface area contributed by atoms with E-state index in [1.54, 1.807) is 26.1 Å². The van der Waals surface area contributed by atoms with Crippen molar-refractivity contribution in [3.05, 3.63) is 35.8 Å². The zero-order valence-electron chi connectivity index (χ0n) is 16.6. The molecule has 2 heterocycles. The van der Waals surface area contributed by atoms with Crippen molar-refractivity contribution in [1.82, 2.24) is 25.4 Å². The molecular formula is C20H29FN6O. The predicted octanol–water partition coefficient (Wildman–Crippen LogP) is 1.18. The zero-order valence-corrected chi connectivity index (χ0v) is 16.6. The topological polar surface area (TPSA) is 75.8 Å². The Hall–Kier alpha value is -2.61. The number of carbonyl (C=O) groups is 1. The van der Waals surface area contributed by atoms with Gasteiger partial charge in [-0.1, -0.05) is 0 Å². The van der Waals surface area contributed by atoms with Crippen molar-refractivity contribution in [2.75, 3.05) is 52.9 Å². The van der Waals surface area contributed by atoms with Gasteiger partial charge in [0.1, 0.15) is 5.82 Å². The molecule has 8 heteroatoms. The lowest BCUT2D eigenvalue weighted by Crippen LogP contribution is -2.50. The van der Waals surface area contributed by atoms with Gasteiger partial charge >= 0.3 is 0 Å². The summed E-state index contributed by atoms with van der Waals surface area (Å²) in [6.45, 7) is 7.45. The summed E-state index contributed by atoms with van der Waals surface area (Å²) in [6, 6.07) is 4.80. The molecule has 1 fully saturated rings. The highest BCUT2D eigenvalue weighted by Gasteiger charge is 2.17. The number of fused-ring (bicyclic) bond motifs is 1. The van der Waals surface area contributed by atoms with Gasteiger partial charge in [0.25, 0.3) is 0 Å². The molecule has 1 aromatic carbocycles. The minimum Gasteiger partial charge on any atom is -0.361 e. The van der Waals surface area contributed by atoms with Crippen LogP contribution in [0.2, 0.25) is 0 Å². The molecule has 1 aromatic heterocycles. The van der Waals surface area contributed by atoms with Crippen LogP contribution < -0.4 is 10.6 Å². The SMILES string of the molecule is CN=C(NCCc1c[nH]c2ccc(F)cc12)NCCN1CCN(C(C)=O)CC1. The smallest absolute Gasteiger partial charge is 0.219 e. The number of H-pyrrole nitrogens is 1. The quantitative estimate of drug-likeness (QED) is 0.513. The van der Waals surface area contributed by atoms with Crippen molar-refractivity contribution < 1.29 is 9.18 Å². The Morgan fingerprint density at radius 2 is 1.96 bits per heavy atom. The number of nitrogens with zero attached hydrogens (tertiary/aromatic N) is 3. The van der Waals surface area contributed by atoms with E-state index in [2.05, 4.69) is 25.5 Å². The van der Waals surface area contributed by atoms with Crippen molar-refractivity contribution in [2.45, 2.75) is 13.3 Å². The molecule has 0 saturated carbocycles. The van der Waals surface area contributed by atoms with E-state index < -0.39 is 0 Å². The highest BCUT2D eigenvalue weighted by atomic mass is 19.1. The minimum absolute atomic E-state index is 0.153. The number of aromatic amines is 1. The summed E-state index contributed by atoms with van der Waals surface area (Å²) in [4.78, 5) is 23.0. The largest absolute Gasteiger partial charge is 0.361 e. The third-order valence-electron chi connectivity index (χ3n) is 5.18. The van der Waals surface area contributed by atoms with Crippen LogP contribution in [0.5, 0.6) is 0 Å². The van der Waals surface area contributed by atoms with Crippen molar-refractivity contribution >= 4 is 22.8 Å². The number of benzene rings is 1. The Kier molecular flexibility index (Phi) is 6.86. The summed E-state index contributed by atoms with van der Waals surface area (Å²) in [5.41, 5.74) is 2.03. The van der Waals surface area contributed by atoms with Gasteiger partial charge in [-0.15, -0.1) is 0 Å². The number of hydrogen-bond donors (Lipinski definition) is 3.